The highest BCUT2D eigenvalue weighted by Crippen LogP contribution is 2.28. The molecule has 0 bridgehead atoms. The number of rotatable bonds is 6. The van der Waals surface area contributed by atoms with Crippen LogP contribution < -0.4 is 9.46 Å². The number of carbonyl (C=O) groups excluding carboxylic acids is 1. The monoisotopic (exact) mass is 457 g/mol. The van der Waals surface area contributed by atoms with Crippen LogP contribution in [0.2, 0.25) is 10.0 Å². The first-order valence-electron chi connectivity index (χ1n) is 7.34. The van der Waals surface area contributed by atoms with Crippen LogP contribution in [0.3, 0.4) is 0 Å². The molecule has 0 aliphatic heterocycles. The van der Waals surface area contributed by atoms with Crippen molar-refractivity contribution in [1.29, 1.82) is 0 Å². The van der Waals surface area contributed by atoms with Gasteiger partial charge in [0.1, 0.15) is 11.8 Å². The van der Waals surface area contributed by atoms with E-state index in [1.165, 1.54) is 18.2 Å². The van der Waals surface area contributed by atoms with E-state index in [2.05, 4.69) is 14.2 Å². The van der Waals surface area contributed by atoms with Crippen LogP contribution in [0.4, 0.5) is 13.2 Å². The maximum absolute atomic E-state index is 12.5. The smallest absolute Gasteiger partial charge is 0.468 e. The first-order chi connectivity index (χ1) is 12.9. The van der Waals surface area contributed by atoms with Gasteiger partial charge in [-0.2, -0.15) is 4.72 Å². The summed E-state index contributed by atoms with van der Waals surface area (Å²) in [5.41, 5.74) is 0.154. The second-order valence-electron chi connectivity index (χ2n) is 5.27. The lowest BCUT2D eigenvalue weighted by atomic mass is 10.1. The van der Waals surface area contributed by atoms with Crippen molar-refractivity contribution < 1.29 is 35.9 Å². The van der Waals surface area contributed by atoms with Crippen LogP contribution in [0.15, 0.2) is 47.4 Å². The number of benzene rings is 2. The van der Waals surface area contributed by atoms with Gasteiger partial charge in [-0.05, 0) is 42.0 Å². The molecule has 0 saturated carbocycles. The predicted molar refractivity (Wildman–Crippen MR) is 94.7 cm³/mol. The van der Waals surface area contributed by atoms with Gasteiger partial charge in [-0.25, -0.2) is 13.2 Å². The Balaban J connectivity index is 2.32. The van der Waals surface area contributed by atoms with Crippen molar-refractivity contribution in [2.24, 2.45) is 0 Å². The molecule has 0 spiro atoms. The van der Waals surface area contributed by atoms with Gasteiger partial charge in [0.25, 0.3) is 0 Å². The molecule has 28 heavy (non-hydrogen) atoms. The molecule has 0 aliphatic carbocycles. The molecule has 0 fully saturated rings. The van der Waals surface area contributed by atoms with Crippen molar-refractivity contribution in [3.63, 3.8) is 0 Å². The minimum absolute atomic E-state index is 0.0842. The van der Waals surface area contributed by atoms with Gasteiger partial charge < -0.3 is 9.47 Å². The lowest BCUT2D eigenvalue weighted by Gasteiger charge is -2.18. The van der Waals surface area contributed by atoms with E-state index in [1.807, 2.05) is 0 Å². The molecule has 0 amide bonds. The number of nitrogens with one attached hydrogen (secondary N) is 1. The highest BCUT2D eigenvalue weighted by Gasteiger charge is 2.32. The molecule has 0 heterocycles. The number of hydrogen-bond donors (Lipinski definition) is 1. The minimum atomic E-state index is -4.91. The van der Waals surface area contributed by atoms with Gasteiger partial charge in [-0.1, -0.05) is 29.3 Å². The van der Waals surface area contributed by atoms with Crippen molar-refractivity contribution in [3.05, 3.63) is 58.1 Å². The van der Waals surface area contributed by atoms with Gasteiger partial charge in [0.05, 0.1) is 22.1 Å². The molecule has 2 aromatic carbocycles. The van der Waals surface area contributed by atoms with E-state index in [9.17, 15) is 26.4 Å². The Hall–Kier alpha value is -2.01. The summed E-state index contributed by atoms with van der Waals surface area (Å²) >= 11 is 11.7. The Kier molecular flexibility index (Phi) is 6.81. The van der Waals surface area contributed by atoms with Gasteiger partial charge in [0.2, 0.25) is 10.0 Å². The molecule has 0 unspecified atom stereocenters. The summed E-state index contributed by atoms with van der Waals surface area (Å²) < 4.78 is 72.1. The average Bonchev–Trinajstić information content (AvgIpc) is 2.60. The van der Waals surface area contributed by atoms with Gasteiger partial charge in [0, 0.05) is 0 Å². The fourth-order valence-corrected chi connectivity index (χ4v) is 3.59. The third-order valence-corrected chi connectivity index (χ3v) is 5.53. The summed E-state index contributed by atoms with van der Waals surface area (Å²) in [5.74, 6) is -1.53. The van der Waals surface area contributed by atoms with Crippen LogP contribution in [0.5, 0.6) is 5.75 Å². The molecule has 1 atom stereocenters. The number of sulfonamides is 1. The average molecular weight is 458 g/mol. The van der Waals surface area contributed by atoms with Gasteiger partial charge in [-0.3, -0.25) is 0 Å². The number of alkyl halides is 3. The Morgan fingerprint density at radius 1 is 1.07 bits per heavy atom. The van der Waals surface area contributed by atoms with Crippen LogP contribution in [0.25, 0.3) is 0 Å². The maximum Gasteiger partial charge on any atom is 0.573 e. The van der Waals surface area contributed by atoms with E-state index < -0.39 is 39.0 Å². The molecule has 12 heteroatoms. The quantitative estimate of drug-likeness (QED) is 0.660. The minimum Gasteiger partial charge on any atom is -0.468 e. The number of esters is 1. The van der Waals surface area contributed by atoms with E-state index in [4.69, 9.17) is 23.2 Å². The van der Waals surface area contributed by atoms with Crippen molar-refractivity contribution in [2.75, 3.05) is 7.11 Å². The second kappa shape index (κ2) is 8.56. The molecule has 0 saturated heterocycles. The van der Waals surface area contributed by atoms with E-state index in [1.54, 1.807) is 0 Å². The SMILES string of the molecule is COC(=O)[C@H](NS(=O)(=O)c1ccc(OC(F)(F)F)cc1)c1ccc(Cl)c(Cl)c1. The summed E-state index contributed by atoms with van der Waals surface area (Å²) in [6.45, 7) is 0. The van der Waals surface area contributed by atoms with E-state index >= 15 is 0 Å². The molecule has 2 rings (SSSR count). The number of hydrogen-bond acceptors (Lipinski definition) is 5. The molecule has 6 nitrogen and oxygen atoms in total. The predicted octanol–water partition coefficient (Wildman–Crippen LogP) is 4.08. The highest BCUT2D eigenvalue weighted by atomic mass is 35.5. The zero-order valence-electron chi connectivity index (χ0n) is 14.0. The largest absolute Gasteiger partial charge is 0.573 e. The Bertz CT molecular complexity index is 965. The Morgan fingerprint density at radius 3 is 2.18 bits per heavy atom. The molecule has 152 valence electrons. The third kappa shape index (κ3) is 5.74. The first-order valence-corrected chi connectivity index (χ1v) is 9.58. The lowest BCUT2D eigenvalue weighted by Crippen LogP contribution is -2.34. The van der Waals surface area contributed by atoms with E-state index in [-0.39, 0.29) is 15.6 Å². The normalized spacial score (nSPS) is 13.1. The second-order valence-corrected chi connectivity index (χ2v) is 7.80. The summed E-state index contributed by atoms with van der Waals surface area (Å²) in [7, 11) is -3.25. The molecular weight excluding hydrogens is 446 g/mol. The van der Waals surface area contributed by atoms with Crippen molar-refractivity contribution >= 4 is 39.2 Å². The van der Waals surface area contributed by atoms with Crippen molar-refractivity contribution in [1.82, 2.24) is 4.72 Å². The molecule has 0 aromatic heterocycles. The van der Waals surface area contributed by atoms with Gasteiger partial charge in [0.15, 0.2) is 0 Å². The van der Waals surface area contributed by atoms with Crippen LogP contribution >= 0.6 is 23.2 Å². The number of methoxy groups -OCH3 is 1. The van der Waals surface area contributed by atoms with Gasteiger partial charge in [-0.15, -0.1) is 13.2 Å². The van der Waals surface area contributed by atoms with Crippen molar-refractivity contribution in [3.8, 4) is 5.75 Å². The van der Waals surface area contributed by atoms with Crippen LogP contribution in [0.1, 0.15) is 11.6 Å². The highest BCUT2D eigenvalue weighted by molar-refractivity contribution is 7.89. The molecular formula is C16H12Cl2F3NO5S. The summed E-state index contributed by atoms with van der Waals surface area (Å²) in [6, 6.07) is 6.01. The van der Waals surface area contributed by atoms with Crippen molar-refractivity contribution in [2.45, 2.75) is 17.3 Å². The fourth-order valence-electron chi connectivity index (χ4n) is 2.11. The summed E-state index contributed by atoms with van der Waals surface area (Å²) in [5, 5.41) is 0.276. The molecule has 2 aromatic rings. The number of carbonyl (C=O) groups is 1. The van der Waals surface area contributed by atoms with E-state index in [0.717, 1.165) is 31.4 Å². The third-order valence-electron chi connectivity index (χ3n) is 3.35. The van der Waals surface area contributed by atoms with E-state index in [0.29, 0.717) is 0 Å². The Labute approximate surface area is 168 Å². The molecule has 0 radical (unpaired) electrons. The fraction of sp³-hybridized carbons (Fsp3) is 0.188. The molecule has 0 aliphatic rings. The standard InChI is InChI=1S/C16H12Cl2F3NO5S/c1-26-15(23)14(9-2-7-12(17)13(18)8-9)22-28(24,25)11-5-3-10(4-6-11)27-16(19,20)21/h2-8,14,22H,1H3/t14-/m1/s1. The zero-order chi connectivity index (χ0) is 21.1. The number of ether oxygens (including phenoxy) is 2. The number of halogens is 5. The van der Waals surface area contributed by atoms with Crippen LogP contribution in [-0.2, 0) is 19.6 Å². The Morgan fingerprint density at radius 2 is 1.68 bits per heavy atom. The van der Waals surface area contributed by atoms with Crippen LogP contribution in [0, 0.1) is 0 Å². The first kappa shape index (κ1) is 22.3. The topological polar surface area (TPSA) is 81.7 Å². The van der Waals surface area contributed by atoms with Crippen LogP contribution in [-0.4, -0.2) is 27.9 Å². The zero-order valence-corrected chi connectivity index (χ0v) is 16.3. The maximum atomic E-state index is 12.5. The lowest BCUT2D eigenvalue weighted by molar-refractivity contribution is -0.274. The summed E-state index contributed by atoms with van der Waals surface area (Å²) in [4.78, 5) is 11.7. The van der Waals surface area contributed by atoms with Gasteiger partial charge >= 0.3 is 12.3 Å². The molecule has 1 N–H and O–H groups in total. The summed E-state index contributed by atoms with van der Waals surface area (Å²) in [6.07, 6.45) is -4.91.